The molecule has 0 unspecified atom stereocenters. The number of nitrogens with one attached hydrogen (secondary N) is 2. The molecule has 1 saturated heterocycles. The maximum absolute atomic E-state index is 13.8. The van der Waals surface area contributed by atoms with E-state index in [-0.39, 0.29) is 35.6 Å². The molecule has 0 bridgehead atoms. The van der Waals surface area contributed by atoms with Crippen LogP contribution < -0.4 is 10.9 Å². The van der Waals surface area contributed by atoms with Crippen molar-refractivity contribution in [2.75, 3.05) is 0 Å². The van der Waals surface area contributed by atoms with E-state index in [2.05, 4.69) is 10.3 Å². The van der Waals surface area contributed by atoms with Gasteiger partial charge in [-0.15, -0.1) is 0 Å². The smallest absolute Gasteiger partial charge is 0.350 e. The Bertz CT molecular complexity index is 1140. The van der Waals surface area contributed by atoms with E-state index in [1.54, 1.807) is 0 Å². The zero-order valence-electron chi connectivity index (χ0n) is 16.5. The maximum atomic E-state index is 13.8. The molecule has 0 radical (unpaired) electrons. The molecule has 2 fully saturated rings. The number of benzene rings is 1. The van der Waals surface area contributed by atoms with Crippen LogP contribution in [-0.2, 0) is 17.1 Å². The maximum Gasteiger partial charge on any atom is 0.417 e. The van der Waals surface area contributed by atoms with Crippen LogP contribution in [-0.4, -0.2) is 16.9 Å². The third kappa shape index (κ3) is 4.58. The molecule has 2 heterocycles. The van der Waals surface area contributed by atoms with Gasteiger partial charge in [0.15, 0.2) is 0 Å². The number of rotatable bonds is 4. The molecule has 2 aromatic rings. The number of amides is 1. The number of hydrogen-bond donors (Lipinski definition) is 2. The minimum atomic E-state index is -5.08. The Balaban J connectivity index is 1.89. The Hall–Kier alpha value is -3.04. The van der Waals surface area contributed by atoms with E-state index in [1.165, 1.54) is 18.2 Å². The zero-order chi connectivity index (χ0) is 23.3. The Morgan fingerprint density at radius 3 is 2.19 bits per heavy atom. The minimum absolute atomic E-state index is 0.0332. The number of pyridine rings is 1. The summed E-state index contributed by atoms with van der Waals surface area (Å²) in [5, 5.41) is 2.60. The molecule has 2 N–H and O–H groups in total. The van der Waals surface area contributed by atoms with Crippen molar-refractivity contribution in [3.05, 3.63) is 74.7 Å². The van der Waals surface area contributed by atoms with Gasteiger partial charge in [-0.25, -0.2) is 0 Å². The second-order valence-corrected chi connectivity index (χ2v) is 7.98. The van der Waals surface area contributed by atoms with Gasteiger partial charge in [-0.3, -0.25) is 9.59 Å². The Morgan fingerprint density at radius 2 is 1.66 bits per heavy atom. The highest BCUT2D eigenvalue weighted by Gasteiger charge is 2.39. The van der Waals surface area contributed by atoms with Crippen molar-refractivity contribution in [1.29, 1.82) is 0 Å². The van der Waals surface area contributed by atoms with Crippen LogP contribution in [0.1, 0.15) is 59.5 Å². The largest absolute Gasteiger partial charge is 0.417 e. The van der Waals surface area contributed by atoms with Crippen molar-refractivity contribution in [3.8, 4) is 0 Å². The second kappa shape index (κ2) is 7.83. The highest BCUT2D eigenvalue weighted by molar-refractivity contribution is 5.83. The lowest BCUT2D eigenvalue weighted by molar-refractivity contribution is -0.143. The molecule has 1 aromatic carbocycles. The topological polar surface area (TPSA) is 62.0 Å². The van der Waals surface area contributed by atoms with E-state index >= 15 is 0 Å². The molecule has 1 aliphatic heterocycles. The average Bonchev–Trinajstić information content (AvgIpc) is 3.45. The predicted molar refractivity (Wildman–Crippen MR) is 104 cm³/mol. The van der Waals surface area contributed by atoms with Crippen molar-refractivity contribution in [2.45, 2.75) is 50.0 Å². The van der Waals surface area contributed by atoms with Gasteiger partial charge in [0.05, 0.1) is 11.1 Å². The first-order valence-electron chi connectivity index (χ1n) is 9.97. The standard InChI is InChI=1S/C22H18F6N2O2/c23-21(24,25)12-3-5-15(17(9-12)22(26,27)28)16(10-13-4-8-19(31)29-13)18-7-6-14(11-1-2-11)20(32)30-18/h3,5-7,9-11,13H,1-2,4,8H2,(H,29,31)(H,30,32)/t13-/m1/s1. The van der Waals surface area contributed by atoms with Gasteiger partial charge in [0.1, 0.15) is 0 Å². The fourth-order valence-electron chi connectivity index (χ4n) is 3.84. The van der Waals surface area contributed by atoms with Gasteiger partial charge in [0, 0.05) is 29.3 Å². The number of alkyl halides is 6. The highest BCUT2D eigenvalue weighted by Crippen LogP contribution is 2.41. The summed E-state index contributed by atoms with van der Waals surface area (Å²) >= 11 is 0. The van der Waals surface area contributed by atoms with Gasteiger partial charge in [-0.1, -0.05) is 18.2 Å². The number of H-pyrrole nitrogens is 1. The molecule has 4 nitrogen and oxygen atoms in total. The van der Waals surface area contributed by atoms with Gasteiger partial charge in [0.2, 0.25) is 5.91 Å². The highest BCUT2D eigenvalue weighted by atomic mass is 19.4. The summed E-state index contributed by atoms with van der Waals surface area (Å²) in [5.74, 6) is -0.183. The van der Waals surface area contributed by atoms with Crippen LogP contribution in [0.2, 0.25) is 0 Å². The van der Waals surface area contributed by atoms with Crippen molar-refractivity contribution in [3.63, 3.8) is 0 Å². The summed E-state index contributed by atoms with van der Waals surface area (Å²) in [7, 11) is 0. The van der Waals surface area contributed by atoms with Crippen molar-refractivity contribution < 1.29 is 31.1 Å². The molecule has 1 aliphatic carbocycles. The molecular weight excluding hydrogens is 438 g/mol. The lowest BCUT2D eigenvalue weighted by Crippen LogP contribution is -2.24. The summed E-state index contributed by atoms with van der Waals surface area (Å²) in [4.78, 5) is 26.6. The summed E-state index contributed by atoms with van der Waals surface area (Å²) in [6, 6.07) is 3.75. The predicted octanol–water partition coefficient (Wildman–Crippen LogP) is 5.00. The molecule has 1 atom stereocenters. The number of aromatic amines is 1. The summed E-state index contributed by atoms with van der Waals surface area (Å²) in [5.41, 5.74) is -3.42. The average molecular weight is 456 g/mol. The van der Waals surface area contributed by atoms with Gasteiger partial charge < -0.3 is 10.3 Å². The van der Waals surface area contributed by atoms with Gasteiger partial charge in [0.25, 0.3) is 5.56 Å². The molecular formula is C22H18F6N2O2. The first-order chi connectivity index (χ1) is 14.9. The Labute approximate surface area is 178 Å². The number of aromatic nitrogens is 1. The molecule has 0 spiro atoms. The molecule has 170 valence electrons. The number of carbonyl (C=O) groups excluding carboxylic acids is 1. The number of carbonyl (C=O) groups is 1. The van der Waals surface area contributed by atoms with Gasteiger partial charge in [-0.2, -0.15) is 26.3 Å². The fourth-order valence-corrected chi connectivity index (χ4v) is 3.84. The van der Waals surface area contributed by atoms with E-state index in [0.29, 0.717) is 18.1 Å². The van der Waals surface area contributed by atoms with Crippen molar-refractivity contribution in [2.24, 2.45) is 0 Å². The first-order valence-corrected chi connectivity index (χ1v) is 9.97. The third-order valence-electron chi connectivity index (χ3n) is 5.59. The van der Waals surface area contributed by atoms with Crippen molar-refractivity contribution in [1.82, 2.24) is 10.3 Å². The van der Waals surface area contributed by atoms with Crippen LogP contribution >= 0.6 is 0 Å². The van der Waals surface area contributed by atoms with Crippen molar-refractivity contribution >= 4 is 11.5 Å². The molecule has 1 saturated carbocycles. The van der Waals surface area contributed by atoms with E-state index in [4.69, 9.17) is 0 Å². The molecule has 1 amide bonds. The SMILES string of the molecule is O=C1CC[C@H](C=C(c2ccc(C3CC3)c(=O)[nH]2)c2ccc(C(F)(F)F)cc2C(F)(F)F)N1. The quantitative estimate of drug-likeness (QED) is 0.637. The van der Waals surface area contributed by atoms with Crippen LogP contribution in [0.4, 0.5) is 26.3 Å². The third-order valence-corrected chi connectivity index (χ3v) is 5.59. The van der Waals surface area contributed by atoms with E-state index in [1.807, 2.05) is 0 Å². The molecule has 1 aromatic heterocycles. The minimum Gasteiger partial charge on any atom is -0.350 e. The van der Waals surface area contributed by atoms with Crippen LogP contribution in [0.25, 0.3) is 5.57 Å². The zero-order valence-corrected chi connectivity index (χ0v) is 16.5. The van der Waals surface area contributed by atoms with E-state index < -0.39 is 40.6 Å². The second-order valence-electron chi connectivity index (χ2n) is 7.98. The van der Waals surface area contributed by atoms with Gasteiger partial charge >= 0.3 is 12.4 Å². The Kier molecular flexibility index (Phi) is 5.42. The molecule has 32 heavy (non-hydrogen) atoms. The lowest BCUT2D eigenvalue weighted by Gasteiger charge is -2.19. The summed E-state index contributed by atoms with van der Waals surface area (Å²) in [6.07, 6.45) is -6.51. The lowest BCUT2D eigenvalue weighted by atomic mass is 9.92. The van der Waals surface area contributed by atoms with E-state index in [0.717, 1.165) is 18.9 Å². The summed E-state index contributed by atoms with van der Waals surface area (Å²) in [6.45, 7) is 0. The first kappa shape index (κ1) is 22.2. The van der Waals surface area contributed by atoms with E-state index in [9.17, 15) is 35.9 Å². The van der Waals surface area contributed by atoms with Crippen LogP contribution in [0.5, 0.6) is 0 Å². The van der Waals surface area contributed by atoms with Crippen LogP contribution in [0.15, 0.2) is 41.2 Å². The fraction of sp³-hybridized carbons (Fsp3) is 0.364. The number of hydrogen-bond acceptors (Lipinski definition) is 2. The Morgan fingerprint density at radius 1 is 0.938 bits per heavy atom. The molecule has 4 rings (SSSR count). The van der Waals surface area contributed by atoms with Crippen LogP contribution in [0.3, 0.4) is 0 Å². The molecule has 2 aliphatic rings. The molecule has 10 heteroatoms. The normalized spacial score (nSPS) is 19.9. The number of halogens is 6. The van der Waals surface area contributed by atoms with Crippen LogP contribution in [0, 0.1) is 0 Å². The van der Waals surface area contributed by atoms with Gasteiger partial charge in [-0.05, 0) is 48.9 Å². The monoisotopic (exact) mass is 456 g/mol. The summed E-state index contributed by atoms with van der Waals surface area (Å²) < 4.78 is 80.6.